The number of ketones is 2. The average Bonchev–Trinajstić information content (AvgIpc) is 2.91. The molecule has 2 rings (SSSR count). The number of methoxy groups -OCH3 is 3. The van der Waals surface area contributed by atoms with E-state index < -0.39 is 36.9 Å². The van der Waals surface area contributed by atoms with Crippen LogP contribution >= 0.6 is 7.52 Å². The van der Waals surface area contributed by atoms with Crippen LogP contribution in [0.3, 0.4) is 0 Å². The fraction of sp³-hybridized carbons (Fsp3) is 0.321. The highest BCUT2D eigenvalue weighted by molar-refractivity contribution is 7.57. The lowest BCUT2D eigenvalue weighted by molar-refractivity contribution is -0.143. The van der Waals surface area contributed by atoms with E-state index in [0.29, 0.717) is 11.1 Å². The van der Waals surface area contributed by atoms with E-state index >= 15 is 0 Å². The molecule has 3 N–H and O–H groups in total. The first-order valence-corrected chi connectivity index (χ1v) is 14.0. The van der Waals surface area contributed by atoms with Gasteiger partial charge in [0.1, 0.15) is 11.9 Å². The maximum absolute atomic E-state index is 13.4. The third-order valence-electron chi connectivity index (χ3n) is 5.80. The van der Waals surface area contributed by atoms with Gasteiger partial charge in [-0.2, -0.15) is 0 Å². The van der Waals surface area contributed by atoms with Crippen LogP contribution in [-0.2, 0) is 23.7 Å². The molecule has 0 heterocycles. The minimum absolute atomic E-state index is 0.0270. The van der Waals surface area contributed by atoms with E-state index in [1.54, 1.807) is 25.1 Å². The fourth-order valence-electron chi connectivity index (χ4n) is 3.39. The van der Waals surface area contributed by atoms with Crippen LogP contribution in [0.4, 0.5) is 0 Å². The quantitative estimate of drug-likeness (QED) is 0.145. The smallest absolute Gasteiger partial charge is 0.342 e. The van der Waals surface area contributed by atoms with Crippen molar-refractivity contribution in [3.05, 3.63) is 59.7 Å². The number of carboxylic acid groups (broad SMARTS) is 1. The molecule has 2 aromatic carbocycles. The lowest BCUT2D eigenvalue weighted by Gasteiger charge is -2.30. The van der Waals surface area contributed by atoms with E-state index in [9.17, 15) is 29.2 Å². The second kappa shape index (κ2) is 14.5. The average molecular weight is 576 g/mol. The summed E-state index contributed by atoms with van der Waals surface area (Å²) >= 11 is 0. The number of aromatic hydroxyl groups is 1. The van der Waals surface area contributed by atoms with Gasteiger partial charge in [-0.15, -0.1) is 0 Å². The number of phenolic OH excluding ortho intramolecular Hbond substituents is 1. The van der Waals surface area contributed by atoms with Gasteiger partial charge < -0.3 is 28.9 Å². The Hall–Kier alpha value is -3.92. The summed E-state index contributed by atoms with van der Waals surface area (Å²) < 4.78 is 34.5. The molecule has 0 aliphatic rings. The maximum atomic E-state index is 13.4. The Bertz CT molecular complexity index is 1340. The Kier molecular flexibility index (Phi) is 11.7. The molecule has 0 bridgehead atoms. The van der Waals surface area contributed by atoms with Crippen molar-refractivity contribution in [2.45, 2.75) is 32.2 Å². The molecule has 11 nitrogen and oxygen atoms in total. The van der Waals surface area contributed by atoms with Crippen molar-refractivity contribution >= 4 is 37.2 Å². The predicted octanol–water partition coefficient (Wildman–Crippen LogP) is 4.68. The van der Waals surface area contributed by atoms with Crippen LogP contribution in [0.1, 0.15) is 37.8 Å². The van der Waals surface area contributed by atoms with E-state index in [-0.39, 0.29) is 35.8 Å². The van der Waals surface area contributed by atoms with Crippen LogP contribution in [0, 0.1) is 0 Å². The van der Waals surface area contributed by atoms with Gasteiger partial charge in [-0.3, -0.25) is 18.9 Å². The molecule has 12 heteroatoms. The highest BCUT2D eigenvalue weighted by atomic mass is 31.2. The molecule has 0 saturated carbocycles. The summed E-state index contributed by atoms with van der Waals surface area (Å²) in [6.07, 6.45) is 4.92. The highest BCUT2D eigenvalue weighted by Crippen LogP contribution is 2.48. The van der Waals surface area contributed by atoms with Crippen molar-refractivity contribution in [1.29, 1.82) is 0 Å². The van der Waals surface area contributed by atoms with Crippen LogP contribution in [0.2, 0.25) is 0 Å². The molecule has 0 spiro atoms. The van der Waals surface area contributed by atoms with Gasteiger partial charge in [-0.25, -0.2) is 5.09 Å². The van der Waals surface area contributed by atoms with Gasteiger partial charge in [0, 0.05) is 7.11 Å². The summed E-state index contributed by atoms with van der Waals surface area (Å²) in [6.45, 7) is 3.03. The minimum Gasteiger partial charge on any atom is -0.504 e. The van der Waals surface area contributed by atoms with Crippen molar-refractivity contribution in [3.8, 4) is 23.0 Å². The molecule has 0 amide bonds. The lowest BCUT2D eigenvalue weighted by atomic mass is 10.0. The molecule has 0 saturated heterocycles. The Labute approximate surface area is 232 Å². The highest BCUT2D eigenvalue weighted by Gasteiger charge is 2.40. The monoisotopic (exact) mass is 575 g/mol. The number of benzene rings is 2. The molecule has 0 radical (unpaired) electrons. The number of aliphatic carboxylic acids is 1. The Morgan fingerprint density at radius 1 is 0.925 bits per heavy atom. The number of phenols is 1. The summed E-state index contributed by atoms with van der Waals surface area (Å²) in [5, 5.41) is 21.8. The third-order valence-corrected chi connectivity index (χ3v) is 7.73. The topological polar surface area (TPSA) is 158 Å². The second-order valence-corrected chi connectivity index (χ2v) is 10.9. The molecule has 0 fully saturated rings. The second-order valence-electron chi connectivity index (χ2n) is 8.90. The predicted molar refractivity (Wildman–Crippen MR) is 150 cm³/mol. The zero-order valence-corrected chi connectivity index (χ0v) is 23.9. The first-order chi connectivity index (χ1) is 18.9. The van der Waals surface area contributed by atoms with E-state index in [4.69, 9.17) is 18.7 Å². The van der Waals surface area contributed by atoms with Gasteiger partial charge in [0.15, 0.2) is 34.6 Å². The number of ether oxygens (including phenoxy) is 3. The van der Waals surface area contributed by atoms with Gasteiger partial charge in [-0.1, -0.05) is 31.2 Å². The number of carboxylic acids is 1. The Morgan fingerprint density at radius 2 is 1.48 bits per heavy atom. The summed E-state index contributed by atoms with van der Waals surface area (Å²) in [6, 6.07) is 9.17. The first kappa shape index (κ1) is 32.3. The van der Waals surface area contributed by atoms with Crippen molar-refractivity contribution < 1.29 is 47.9 Å². The number of nitrogens with one attached hydrogen (secondary N) is 1. The first-order valence-electron chi connectivity index (χ1n) is 12.2. The summed E-state index contributed by atoms with van der Waals surface area (Å²) in [4.78, 5) is 36.2. The number of hydrogen-bond acceptors (Lipinski definition) is 9. The van der Waals surface area contributed by atoms with Gasteiger partial charge in [0.2, 0.25) is 0 Å². The maximum Gasteiger partial charge on any atom is 0.342 e. The lowest BCUT2D eigenvalue weighted by Crippen LogP contribution is -2.48. The largest absolute Gasteiger partial charge is 0.504 e. The summed E-state index contributed by atoms with van der Waals surface area (Å²) in [5.74, 6) is -1.54. The van der Waals surface area contributed by atoms with Crippen molar-refractivity contribution in [1.82, 2.24) is 5.09 Å². The van der Waals surface area contributed by atoms with Crippen molar-refractivity contribution in [3.63, 3.8) is 0 Å². The number of carbonyl (C=O) groups is 3. The molecule has 0 aliphatic carbocycles. The molecule has 2 unspecified atom stereocenters. The van der Waals surface area contributed by atoms with Gasteiger partial charge >= 0.3 is 13.5 Å². The van der Waals surface area contributed by atoms with E-state index in [0.717, 1.165) is 0 Å². The Balaban J connectivity index is 2.11. The third kappa shape index (κ3) is 9.08. The van der Waals surface area contributed by atoms with Crippen LogP contribution in [0.5, 0.6) is 23.0 Å². The fourth-order valence-corrected chi connectivity index (χ4v) is 5.37. The van der Waals surface area contributed by atoms with Crippen LogP contribution in [0.15, 0.2) is 48.6 Å². The zero-order chi connectivity index (χ0) is 29.9. The van der Waals surface area contributed by atoms with Crippen LogP contribution in [-0.4, -0.2) is 61.0 Å². The summed E-state index contributed by atoms with van der Waals surface area (Å²) in [7, 11) is 0.260. The Morgan fingerprint density at radius 3 is 1.98 bits per heavy atom. The van der Waals surface area contributed by atoms with Crippen molar-refractivity contribution in [2.75, 3.05) is 27.7 Å². The summed E-state index contributed by atoms with van der Waals surface area (Å²) in [5.41, 5.74) is -0.364. The number of rotatable bonds is 16. The number of carbonyl (C=O) groups excluding carboxylic acids is 2. The van der Waals surface area contributed by atoms with Gasteiger partial charge in [0.25, 0.3) is 0 Å². The number of allylic oxidation sites excluding steroid dienone is 2. The number of hydrogen-bond donors (Lipinski definition) is 3. The van der Waals surface area contributed by atoms with Gasteiger partial charge in [-0.05, 0) is 60.9 Å². The standard InChI is InChI=1S/C28H34NO10P/c1-6-28(2,27(33)34)29-40(35,18-36-3)39-24-14-10-20(16-26(24)38-5)8-12-22(31)17-21(30)11-7-19-9-13-23(32)25(15-19)37-4/h7-16,32H,6,17-18H2,1-5H3,(H,29,35)(H,33,34)/b11-7+,12-8+. The van der Waals surface area contributed by atoms with Gasteiger partial charge in [0.05, 0.1) is 20.6 Å². The molecule has 2 aromatic rings. The minimum atomic E-state index is -3.84. The molecule has 2 atom stereocenters. The van der Waals surface area contributed by atoms with Crippen LogP contribution in [0.25, 0.3) is 12.2 Å². The molecule has 40 heavy (non-hydrogen) atoms. The van der Waals surface area contributed by atoms with Crippen molar-refractivity contribution in [2.24, 2.45) is 0 Å². The normalized spacial score (nSPS) is 14.4. The molecule has 216 valence electrons. The van der Waals surface area contributed by atoms with E-state index in [1.807, 2.05) is 0 Å². The van der Waals surface area contributed by atoms with E-state index in [2.05, 4.69) is 5.09 Å². The molecule has 0 aromatic heterocycles. The SMILES string of the molecule is CCC(C)(NP(=O)(COC)Oc1ccc(/C=C/C(=O)CC(=O)/C=C/c2ccc(O)c(OC)c2)cc1OC)C(=O)O. The van der Waals surface area contributed by atoms with Crippen LogP contribution < -0.4 is 19.1 Å². The molecular formula is C28H34NO10P. The zero-order valence-electron chi connectivity index (χ0n) is 23.0. The molecular weight excluding hydrogens is 541 g/mol. The molecule has 0 aliphatic heterocycles. The van der Waals surface area contributed by atoms with E-state index in [1.165, 1.54) is 70.8 Å².